The van der Waals surface area contributed by atoms with Gasteiger partial charge in [-0.2, -0.15) is 0 Å². The van der Waals surface area contributed by atoms with Crippen LogP contribution in [-0.4, -0.2) is 53.4 Å². The number of piperazine rings is 1. The van der Waals surface area contributed by atoms with Crippen LogP contribution in [0.1, 0.15) is 22.7 Å². The molecule has 2 aliphatic rings. The van der Waals surface area contributed by atoms with Crippen molar-refractivity contribution in [1.29, 1.82) is 0 Å². The molecule has 6 heteroatoms. The fourth-order valence-electron chi connectivity index (χ4n) is 3.82. The van der Waals surface area contributed by atoms with E-state index in [1.165, 1.54) is 16.7 Å². The van der Waals surface area contributed by atoms with Gasteiger partial charge >= 0.3 is 0 Å². The lowest BCUT2D eigenvalue weighted by Crippen LogP contribution is -2.50. The van der Waals surface area contributed by atoms with E-state index in [0.29, 0.717) is 6.54 Å². The summed E-state index contributed by atoms with van der Waals surface area (Å²) in [5, 5.41) is 3.43. The molecule has 1 aromatic carbocycles. The Hall–Kier alpha value is -1.95. The van der Waals surface area contributed by atoms with Gasteiger partial charge in [-0.3, -0.25) is 14.7 Å². The second kappa shape index (κ2) is 8.62. The molecule has 1 aromatic heterocycles. The van der Waals surface area contributed by atoms with E-state index in [-0.39, 0.29) is 24.4 Å². The van der Waals surface area contributed by atoms with Crippen molar-refractivity contribution < 1.29 is 4.79 Å². The number of hydrogen-bond donors (Lipinski definition) is 1. The number of amides is 1. The Morgan fingerprint density at radius 1 is 1.15 bits per heavy atom. The average molecular weight is 373 g/mol. The summed E-state index contributed by atoms with van der Waals surface area (Å²) in [6.07, 6.45) is 4.65. The van der Waals surface area contributed by atoms with Gasteiger partial charge < -0.3 is 10.2 Å². The molecule has 1 saturated heterocycles. The molecule has 2 aliphatic heterocycles. The maximum atomic E-state index is 12.9. The first-order chi connectivity index (χ1) is 12.3. The number of hydrogen-bond acceptors (Lipinski definition) is 4. The van der Waals surface area contributed by atoms with Crippen LogP contribution in [0.5, 0.6) is 0 Å². The van der Waals surface area contributed by atoms with E-state index in [1.807, 2.05) is 17.2 Å². The molecular weight excluding hydrogens is 348 g/mol. The lowest BCUT2D eigenvalue weighted by Gasteiger charge is -2.37. The Bertz CT molecular complexity index is 740. The number of nitrogens with one attached hydrogen (secondary N) is 1. The van der Waals surface area contributed by atoms with Crippen molar-refractivity contribution in [2.75, 3.05) is 32.7 Å². The van der Waals surface area contributed by atoms with Crippen molar-refractivity contribution in [1.82, 2.24) is 20.1 Å². The quantitative estimate of drug-likeness (QED) is 0.895. The number of benzene rings is 1. The number of carbonyl (C=O) groups is 1. The predicted molar refractivity (Wildman–Crippen MR) is 104 cm³/mol. The highest BCUT2D eigenvalue weighted by atomic mass is 35.5. The molecule has 3 heterocycles. The molecule has 5 nitrogen and oxygen atoms in total. The summed E-state index contributed by atoms with van der Waals surface area (Å²) in [7, 11) is 0. The van der Waals surface area contributed by atoms with Gasteiger partial charge in [0.1, 0.15) is 0 Å². The highest BCUT2D eigenvalue weighted by Gasteiger charge is 2.28. The first-order valence-corrected chi connectivity index (χ1v) is 9.00. The normalized spacial score (nSPS) is 20.2. The largest absolute Gasteiger partial charge is 0.337 e. The van der Waals surface area contributed by atoms with Crippen molar-refractivity contribution in [3.05, 3.63) is 65.5 Å². The molecule has 1 atom stereocenters. The lowest BCUT2D eigenvalue weighted by molar-refractivity contribution is -0.134. The van der Waals surface area contributed by atoms with E-state index in [2.05, 4.69) is 45.5 Å². The minimum absolute atomic E-state index is 0. The van der Waals surface area contributed by atoms with E-state index in [4.69, 9.17) is 0 Å². The van der Waals surface area contributed by atoms with E-state index < -0.39 is 0 Å². The second-order valence-electron chi connectivity index (χ2n) is 6.81. The van der Waals surface area contributed by atoms with Crippen LogP contribution in [-0.2, 0) is 17.8 Å². The van der Waals surface area contributed by atoms with Crippen LogP contribution in [0.4, 0.5) is 0 Å². The molecule has 0 saturated carbocycles. The predicted octanol–water partition coefficient (Wildman–Crippen LogP) is 2.03. The van der Waals surface area contributed by atoms with Gasteiger partial charge in [-0.25, -0.2) is 0 Å². The first-order valence-electron chi connectivity index (χ1n) is 9.00. The van der Waals surface area contributed by atoms with E-state index in [9.17, 15) is 4.79 Å². The molecule has 1 amide bonds. The smallest absolute Gasteiger partial charge is 0.237 e. The third-order valence-corrected chi connectivity index (χ3v) is 5.25. The van der Waals surface area contributed by atoms with Crippen LogP contribution in [0.3, 0.4) is 0 Å². The van der Waals surface area contributed by atoms with Gasteiger partial charge in [-0.15, -0.1) is 12.4 Å². The van der Waals surface area contributed by atoms with Crippen molar-refractivity contribution >= 4 is 18.3 Å². The molecule has 1 unspecified atom stereocenters. The summed E-state index contributed by atoms with van der Waals surface area (Å²) in [4.78, 5) is 21.4. The Balaban J connectivity index is 0.00000196. The highest BCUT2D eigenvalue weighted by molar-refractivity contribution is 5.85. The van der Waals surface area contributed by atoms with Crippen molar-refractivity contribution in [2.45, 2.75) is 19.0 Å². The average Bonchev–Trinajstić information content (AvgIpc) is 2.68. The topological polar surface area (TPSA) is 48.5 Å². The summed E-state index contributed by atoms with van der Waals surface area (Å²) in [5.74, 6) is 0.227. The van der Waals surface area contributed by atoms with Gasteiger partial charge in [0.05, 0.1) is 6.54 Å². The minimum atomic E-state index is 0. The number of fused-ring (bicyclic) bond motifs is 1. The van der Waals surface area contributed by atoms with Crippen molar-refractivity contribution in [3.63, 3.8) is 0 Å². The third kappa shape index (κ3) is 4.06. The number of rotatable bonds is 3. The first kappa shape index (κ1) is 18.8. The number of pyridine rings is 1. The molecule has 0 aliphatic carbocycles. The van der Waals surface area contributed by atoms with Gasteiger partial charge in [0.2, 0.25) is 5.91 Å². The lowest BCUT2D eigenvalue weighted by atomic mass is 10.00. The zero-order valence-electron chi connectivity index (χ0n) is 14.8. The van der Waals surface area contributed by atoms with Crippen LogP contribution in [0.25, 0.3) is 0 Å². The summed E-state index contributed by atoms with van der Waals surface area (Å²) < 4.78 is 0. The fourth-order valence-corrected chi connectivity index (χ4v) is 3.82. The molecular formula is C20H25ClN4O. The van der Waals surface area contributed by atoms with Crippen LogP contribution in [0, 0.1) is 0 Å². The second-order valence-corrected chi connectivity index (χ2v) is 6.81. The van der Waals surface area contributed by atoms with Gasteiger partial charge in [0.15, 0.2) is 0 Å². The van der Waals surface area contributed by atoms with Crippen LogP contribution < -0.4 is 5.32 Å². The fraction of sp³-hybridized carbons (Fsp3) is 0.400. The van der Waals surface area contributed by atoms with Crippen molar-refractivity contribution in [2.24, 2.45) is 0 Å². The summed E-state index contributed by atoms with van der Waals surface area (Å²) in [6.45, 7) is 4.70. The van der Waals surface area contributed by atoms with Crippen molar-refractivity contribution in [3.8, 4) is 0 Å². The molecule has 4 rings (SSSR count). The van der Waals surface area contributed by atoms with Gasteiger partial charge in [-0.05, 0) is 29.2 Å². The summed E-state index contributed by atoms with van der Waals surface area (Å²) >= 11 is 0. The minimum Gasteiger partial charge on any atom is -0.337 e. The summed E-state index contributed by atoms with van der Waals surface area (Å²) in [6, 6.07) is 12.7. The number of halogens is 1. The van der Waals surface area contributed by atoms with Gasteiger partial charge in [-0.1, -0.05) is 30.3 Å². The maximum Gasteiger partial charge on any atom is 0.237 e. The van der Waals surface area contributed by atoms with Crippen LogP contribution in [0.15, 0.2) is 48.8 Å². The Labute approximate surface area is 160 Å². The molecule has 0 radical (unpaired) electrons. The number of nitrogens with zero attached hydrogens (tertiary/aromatic N) is 3. The molecule has 1 N–H and O–H groups in total. The van der Waals surface area contributed by atoms with Gasteiger partial charge in [0, 0.05) is 51.2 Å². The zero-order chi connectivity index (χ0) is 17.1. The summed E-state index contributed by atoms with van der Waals surface area (Å²) in [5.41, 5.74) is 3.83. The zero-order valence-corrected chi connectivity index (χ0v) is 15.6. The number of aromatic nitrogens is 1. The number of carbonyl (C=O) groups excluding carboxylic acids is 1. The Morgan fingerprint density at radius 2 is 2.00 bits per heavy atom. The Morgan fingerprint density at radius 3 is 2.81 bits per heavy atom. The monoisotopic (exact) mass is 372 g/mol. The molecule has 138 valence electrons. The molecule has 26 heavy (non-hydrogen) atoms. The van der Waals surface area contributed by atoms with Crippen LogP contribution in [0.2, 0.25) is 0 Å². The standard InChI is InChI=1S/C20H24N4O.ClH/c25-20(24-10-7-16-4-1-2-5-18(16)14-24)15-23-11-9-22-13-19(23)17-6-3-8-21-12-17;/h1-6,8,12,19,22H,7,9-11,13-15H2;1H. The maximum absolute atomic E-state index is 12.9. The molecule has 1 fully saturated rings. The van der Waals surface area contributed by atoms with E-state index >= 15 is 0 Å². The van der Waals surface area contributed by atoms with Gasteiger partial charge in [0.25, 0.3) is 0 Å². The third-order valence-electron chi connectivity index (χ3n) is 5.25. The Kier molecular flexibility index (Phi) is 6.25. The highest BCUT2D eigenvalue weighted by Crippen LogP contribution is 2.23. The van der Waals surface area contributed by atoms with Crippen LogP contribution >= 0.6 is 12.4 Å². The molecule has 0 bridgehead atoms. The molecule has 2 aromatic rings. The van der Waals surface area contributed by atoms with E-state index in [0.717, 1.165) is 39.1 Å². The molecule has 0 spiro atoms. The SMILES string of the molecule is Cl.O=C(CN1CCNCC1c1cccnc1)N1CCc2ccccc2C1. The van der Waals surface area contributed by atoms with E-state index in [1.54, 1.807) is 6.20 Å².